The summed E-state index contributed by atoms with van der Waals surface area (Å²) in [6.45, 7) is 3.72. The Morgan fingerprint density at radius 3 is 2.61 bits per heavy atom. The third-order valence-electron chi connectivity index (χ3n) is 2.65. The van der Waals surface area contributed by atoms with Crippen molar-refractivity contribution in [1.29, 1.82) is 0 Å². The van der Waals surface area contributed by atoms with E-state index in [4.69, 9.17) is 0 Å². The maximum absolute atomic E-state index is 4.36. The van der Waals surface area contributed by atoms with Gasteiger partial charge < -0.3 is 5.32 Å². The van der Waals surface area contributed by atoms with Gasteiger partial charge in [0.05, 0.1) is 29.3 Å². The molecule has 2 aromatic rings. The van der Waals surface area contributed by atoms with Gasteiger partial charge in [-0.05, 0) is 14.0 Å². The molecule has 0 spiro atoms. The van der Waals surface area contributed by atoms with E-state index < -0.39 is 0 Å². The molecule has 0 fully saturated rings. The van der Waals surface area contributed by atoms with Gasteiger partial charge in [0, 0.05) is 25.0 Å². The second kappa shape index (κ2) is 5.88. The van der Waals surface area contributed by atoms with Crippen molar-refractivity contribution < 1.29 is 0 Å². The van der Waals surface area contributed by atoms with Crippen LogP contribution < -0.4 is 5.32 Å². The van der Waals surface area contributed by atoms with Crippen molar-refractivity contribution in [2.75, 3.05) is 19.4 Å². The Morgan fingerprint density at radius 1 is 1.22 bits per heavy atom. The smallest absolute Gasteiger partial charge is 0.144 e. The number of rotatable bonds is 5. The van der Waals surface area contributed by atoms with Gasteiger partial charge in [-0.3, -0.25) is 9.88 Å². The minimum atomic E-state index is 0.786. The number of thiazole rings is 1. The Bertz CT molecular complexity index is 493. The van der Waals surface area contributed by atoms with Gasteiger partial charge in [-0.25, -0.2) is 9.97 Å². The number of hydrogen-bond acceptors (Lipinski definition) is 6. The molecule has 1 N–H and O–H groups in total. The number of anilines is 1. The van der Waals surface area contributed by atoms with Gasteiger partial charge in [0.25, 0.3) is 0 Å². The summed E-state index contributed by atoms with van der Waals surface area (Å²) in [6, 6.07) is 0. The summed E-state index contributed by atoms with van der Waals surface area (Å²) in [6.07, 6.45) is 3.56. The lowest BCUT2D eigenvalue weighted by Crippen LogP contribution is -2.18. The highest BCUT2D eigenvalue weighted by Gasteiger charge is 2.07. The summed E-state index contributed by atoms with van der Waals surface area (Å²) >= 11 is 1.70. The van der Waals surface area contributed by atoms with Crippen LogP contribution in [0.4, 0.5) is 5.82 Å². The molecule has 0 saturated heterocycles. The molecule has 0 amide bonds. The van der Waals surface area contributed by atoms with Gasteiger partial charge in [0.1, 0.15) is 5.82 Å². The van der Waals surface area contributed by atoms with Gasteiger partial charge in [-0.15, -0.1) is 11.3 Å². The van der Waals surface area contributed by atoms with Crippen LogP contribution in [0.2, 0.25) is 0 Å². The molecule has 2 rings (SSSR count). The molecule has 96 valence electrons. The Hall–Kier alpha value is -1.53. The van der Waals surface area contributed by atoms with Gasteiger partial charge in [0.15, 0.2) is 0 Å². The zero-order valence-corrected chi connectivity index (χ0v) is 11.7. The van der Waals surface area contributed by atoms with Crippen LogP contribution in [-0.4, -0.2) is 33.9 Å². The molecular weight excluding hydrogens is 246 g/mol. The Kier molecular flexibility index (Phi) is 4.22. The molecular formula is C12H17N5S. The Balaban J connectivity index is 1.94. The fourth-order valence-corrected chi connectivity index (χ4v) is 2.48. The highest BCUT2D eigenvalue weighted by Crippen LogP contribution is 2.15. The Morgan fingerprint density at radius 2 is 2.06 bits per heavy atom. The van der Waals surface area contributed by atoms with E-state index in [1.54, 1.807) is 17.5 Å². The molecule has 2 aromatic heterocycles. The molecule has 0 aliphatic rings. The van der Waals surface area contributed by atoms with Crippen molar-refractivity contribution >= 4 is 17.2 Å². The fraction of sp³-hybridized carbons (Fsp3) is 0.417. The largest absolute Gasteiger partial charge is 0.372 e. The average molecular weight is 263 g/mol. The van der Waals surface area contributed by atoms with Gasteiger partial charge >= 0.3 is 0 Å². The van der Waals surface area contributed by atoms with E-state index in [1.165, 1.54) is 4.88 Å². The summed E-state index contributed by atoms with van der Waals surface area (Å²) in [5, 5.41) is 2.96. The molecule has 0 aromatic carbocycles. The van der Waals surface area contributed by atoms with Crippen LogP contribution in [0.1, 0.15) is 16.3 Å². The molecule has 0 aliphatic carbocycles. The quantitative estimate of drug-likeness (QED) is 0.893. The monoisotopic (exact) mass is 263 g/mol. The second-order valence-corrected chi connectivity index (χ2v) is 5.12. The number of aryl methyl sites for hydroxylation is 1. The molecule has 2 heterocycles. The summed E-state index contributed by atoms with van der Waals surface area (Å²) in [7, 11) is 3.91. The zero-order valence-electron chi connectivity index (χ0n) is 10.8. The lowest BCUT2D eigenvalue weighted by atomic mass is 10.3. The lowest BCUT2D eigenvalue weighted by molar-refractivity contribution is 0.316. The normalized spacial score (nSPS) is 10.9. The number of nitrogens with zero attached hydrogens (tertiary/aromatic N) is 4. The van der Waals surface area contributed by atoms with Crippen molar-refractivity contribution in [2.24, 2.45) is 0 Å². The molecule has 0 radical (unpaired) electrons. The van der Waals surface area contributed by atoms with Gasteiger partial charge in [-0.1, -0.05) is 0 Å². The van der Waals surface area contributed by atoms with Crippen molar-refractivity contribution in [3.63, 3.8) is 0 Å². The third-order valence-corrected chi connectivity index (χ3v) is 3.57. The minimum Gasteiger partial charge on any atom is -0.372 e. The Labute approximate surface area is 111 Å². The van der Waals surface area contributed by atoms with Gasteiger partial charge in [-0.2, -0.15) is 0 Å². The van der Waals surface area contributed by atoms with Crippen LogP contribution in [0, 0.1) is 6.92 Å². The van der Waals surface area contributed by atoms with Crippen LogP contribution in [0.3, 0.4) is 0 Å². The minimum absolute atomic E-state index is 0.786. The number of hydrogen-bond donors (Lipinski definition) is 1. The summed E-state index contributed by atoms with van der Waals surface area (Å²) in [5.41, 5.74) is 3.97. The first-order valence-electron chi connectivity index (χ1n) is 5.75. The van der Waals surface area contributed by atoms with E-state index in [2.05, 4.69) is 32.2 Å². The first-order chi connectivity index (χ1) is 8.69. The topological polar surface area (TPSA) is 53.9 Å². The molecule has 0 saturated carbocycles. The summed E-state index contributed by atoms with van der Waals surface area (Å²) < 4.78 is 0. The van der Waals surface area contributed by atoms with Crippen LogP contribution in [0.15, 0.2) is 17.9 Å². The standard InChI is InChI=1S/C12H17N5S/c1-9-11(18-8-16-9)7-17(3)6-10-4-15-12(13-2)5-14-10/h4-5,8H,6-7H2,1-3H3,(H,13,15). The second-order valence-electron chi connectivity index (χ2n) is 4.18. The molecule has 0 aliphatic heterocycles. The number of nitrogens with one attached hydrogen (secondary N) is 1. The lowest BCUT2D eigenvalue weighted by Gasteiger charge is -2.15. The maximum Gasteiger partial charge on any atom is 0.144 e. The third kappa shape index (κ3) is 3.24. The van der Waals surface area contributed by atoms with Crippen molar-refractivity contribution in [3.8, 4) is 0 Å². The highest BCUT2D eigenvalue weighted by molar-refractivity contribution is 7.09. The molecule has 18 heavy (non-hydrogen) atoms. The van der Waals surface area contributed by atoms with E-state index in [9.17, 15) is 0 Å². The molecule has 0 unspecified atom stereocenters. The van der Waals surface area contributed by atoms with E-state index >= 15 is 0 Å². The molecule has 0 atom stereocenters. The fourth-order valence-electron chi connectivity index (χ4n) is 1.62. The zero-order chi connectivity index (χ0) is 13.0. The van der Waals surface area contributed by atoms with Crippen LogP contribution in [0.25, 0.3) is 0 Å². The van der Waals surface area contributed by atoms with Crippen LogP contribution >= 0.6 is 11.3 Å². The summed E-state index contributed by atoms with van der Waals surface area (Å²) in [4.78, 5) is 16.4. The molecule has 0 bridgehead atoms. The van der Waals surface area contributed by atoms with E-state index in [0.29, 0.717) is 0 Å². The summed E-state index contributed by atoms with van der Waals surface area (Å²) in [5.74, 6) is 0.791. The van der Waals surface area contributed by atoms with E-state index in [-0.39, 0.29) is 0 Å². The predicted octanol–water partition coefficient (Wildman–Crippen LogP) is 1.92. The van der Waals surface area contributed by atoms with Crippen molar-refractivity contribution in [2.45, 2.75) is 20.0 Å². The SMILES string of the molecule is CNc1cnc(CN(C)Cc2scnc2C)cn1. The molecule has 6 heteroatoms. The van der Waals surface area contributed by atoms with Crippen molar-refractivity contribution in [3.05, 3.63) is 34.2 Å². The highest BCUT2D eigenvalue weighted by atomic mass is 32.1. The van der Waals surface area contributed by atoms with Gasteiger partial charge in [0.2, 0.25) is 0 Å². The maximum atomic E-state index is 4.36. The molecule has 5 nitrogen and oxygen atoms in total. The average Bonchev–Trinajstić information content (AvgIpc) is 2.76. The van der Waals surface area contributed by atoms with E-state index in [1.807, 2.05) is 25.7 Å². The van der Waals surface area contributed by atoms with E-state index in [0.717, 1.165) is 30.3 Å². The predicted molar refractivity (Wildman–Crippen MR) is 73.6 cm³/mol. The van der Waals surface area contributed by atoms with Crippen LogP contribution in [-0.2, 0) is 13.1 Å². The number of aromatic nitrogens is 3. The van der Waals surface area contributed by atoms with Crippen molar-refractivity contribution in [1.82, 2.24) is 19.9 Å². The first kappa shape index (κ1) is 12.9. The first-order valence-corrected chi connectivity index (χ1v) is 6.63. The van der Waals surface area contributed by atoms with Crippen LogP contribution in [0.5, 0.6) is 0 Å².